The summed E-state index contributed by atoms with van der Waals surface area (Å²) in [5.74, 6) is 0.760. The molecule has 0 saturated heterocycles. The van der Waals surface area contributed by atoms with E-state index in [0.717, 1.165) is 25.7 Å². The first-order chi connectivity index (χ1) is 8.17. The van der Waals surface area contributed by atoms with Gasteiger partial charge in [0.2, 0.25) is 5.91 Å². The second-order valence-electron chi connectivity index (χ2n) is 5.28. The molecule has 1 aliphatic carbocycles. The Morgan fingerprint density at radius 1 is 1.47 bits per heavy atom. The zero-order valence-corrected chi connectivity index (χ0v) is 10.8. The molecule has 0 aromatic carbocycles. The van der Waals surface area contributed by atoms with Crippen LogP contribution >= 0.6 is 0 Å². The summed E-state index contributed by atoms with van der Waals surface area (Å²) in [6, 6.07) is 0.175. The minimum atomic E-state index is 0.107. The molecule has 17 heavy (non-hydrogen) atoms. The average molecular weight is 242 g/mol. The van der Waals surface area contributed by atoms with Crippen molar-refractivity contribution in [3.05, 3.63) is 0 Å². The molecule has 0 radical (unpaired) electrons. The summed E-state index contributed by atoms with van der Waals surface area (Å²) >= 11 is 0. The topological polar surface area (TPSA) is 75.4 Å². The summed E-state index contributed by atoms with van der Waals surface area (Å²) < 4.78 is 0. The Morgan fingerprint density at radius 3 is 2.82 bits per heavy atom. The van der Waals surface area contributed by atoms with Crippen LogP contribution in [0.2, 0.25) is 0 Å². The summed E-state index contributed by atoms with van der Waals surface area (Å²) in [4.78, 5) is 11.8. The highest BCUT2D eigenvalue weighted by atomic mass is 16.3. The SMILES string of the molecule is CC(CN)CCC(=O)NC1CCCCC1CO. The van der Waals surface area contributed by atoms with Gasteiger partial charge in [-0.05, 0) is 31.7 Å². The van der Waals surface area contributed by atoms with Crippen molar-refractivity contribution in [2.75, 3.05) is 13.2 Å². The minimum Gasteiger partial charge on any atom is -0.396 e. The van der Waals surface area contributed by atoms with Crippen LogP contribution in [0.4, 0.5) is 0 Å². The van der Waals surface area contributed by atoms with Crippen molar-refractivity contribution < 1.29 is 9.90 Å². The normalized spacial score (nSPS) is 26.5. The van der Waals surface area contributed by atoms with Crippen LogP contribution in [-0.2, 0) is 4.79 Å². The van der Waals surface area contributed by atoms with Gasteiger partial charge in [0.15, 0.2) is 0 Å². The van der Waals surface area contributed by atoms with Crippen LogP contribution in [0.3, 0.4) is 0 Å². The molecule has 100 valence electrons. The number of hydrogen-bond donors (Lipinski definition) is 3. The molecule has 1 amide bonds. The molecule has 1 aliphatic rings. The van der Waals surface area contributed by atoms with Gasteiger partial charge in [0.1, 0.15) is 0 Å². The van der Waals surface area contributed by atoms with Gasteiger partial charge in [0.25, 0.3) is 0 Å². The first-order valence-corrected chi connectivity index (χ1v) is 6.77. The van der Waals surface area contributed by atoms with Crippen molar-refractivity contribution in [1.29, 1.82) is 0 Å². The Morgan fingerprint density at radius 2 is 2.18 bits per heavy atom. The number of hydrogen-bond acceptors (Lipinski definition) is 3. The third-order valence-electron chi connectivity index (χ3n) is 3.76. The Bertz CT molecular complexity index is 233. The predicted octanol–water partition coefficient (Wildman–Crippen LogP) is 1.03. The predicted molar refractivity (Wildman–Crippen MR) is 68.4 cm³/mol. The summed E-state index contributed by atoms with van der Waals surface area (Å²) in [7, 11) is 0. The number of aliphatic hydroxyl groups is 1. The van der Waals surface area contributed by atoms with Crippen LogP contribution in [0.5, 0.6) is 0 Å². The Hall–Kier alpha value is -0.610. The molecule has 0 spiro atoms. The molecule has 0 aromatic heterocycles. The van der Waals surface area contributed by atoms with Crippen LogP contribution in [0.1, 0.15) is 45.4 Å². The van der Waals surface area contributed by atoms with Crippen molar-refractivity contribution in [2.45, 2.75) is 51.5 Å². The monoisotopic (exact) mass is 242 g/mol. The zero-order chi connectivity index (χ0) is 12.7. The number of amides is 1. The molecule has 0 heterocycles. The van der Waals surface area contributed by atoms with Gasteiger partial charge in [0, 0.05) is 25.0 Å². The fourth-order valence-electron chi connectivity index (χ4n) is 2.39. The maximum absolute atomic E-state index is 11.8. The number of nitrogens with one attached hydrogen (secondary N) is 1. The molecule has 0 bridgehead atoms. The van der Waals surface area contributed by atoms with Crippen LogP contribution in [0, 0.1) is 11.8 Å². The lowest BCUT2D eigenvalue weighted by Crippen LogP contribution is -2.43. The molecular formula is C13H26N2O2. The van der Waals surface area contributed by atoms with Gasteiger partial charge in [-0.1, -0.05) is 19.8 Å². The zero-order valence-electron chi connectivity index (χ0n) is 10.8. The number of rotatable bonds is 6. The molecular weight excluding hydrogens is 216 g/mol. The van der Waals surface area contributed by atoms with Gasteiger partial charge in [-0.2, -0.15) is 0 Å². The maximum atomic E-state index is 11.8. The summed E-state index contributed by atoms with van der Waals surface area (Å²) in [5, 5.41) is 12.3. The molecule has 1 fully saturated rings. The summed E-state index contributed by atoms with van der Waals surface area (Å²) in [6.07, 6.45) is 5.75. The van der Waals surface area contributed by atoms with Crippen LogP contribution in [0.25, 0.3) is 0 Å². The Kier molecular flexibility index (Phi) is 6.52. The van der Waals surface area contributed by atoms with E-state index in [1.54, 1.807) is 0 Å². The van der Waals surface area contributed by atoms with Crippen molar-refractivity contribution in [3.63, 3.8) is 0 Å². The molecule has 0 aromatic rings. The standard InChI is InChI=1S/C13H26N2O2/c1-10(8-14)6-7-13(17)15-12-5-3-2-4-11(12)9-16/h10-12,16H,2-9,14H2,1H3,(H,15,17). The van der Waals surface area contributed by atoms with E-state index in [-0.39, 0.29) is 24.5 Å². The number of carbonyl (C=O) groups is 1. The molecule has 3 unspecified atom stereocenters. The molecule has 4 nitrogen and oxygen atoms in total. The largest absolute Gasteiger partial charge is 0.396 e. The van der Waals surface area contributed by atoms with E-state index in [1.807, 2.05) is 0 Å². The smallest absolute Gasteiger partial charge is 0.220 e. The first kappa shape index (κ1) is 14.5. The molecule has 0 aliphatic heterocycles. The minimum absolute atomic E-state index is 0.107. The molecule has 4 heteroatoms. The number of aliphatic hydroxyl groups excluding tert-OH is 1. The second kappa shape index (κ2) is 7.67. The molecule has 3 atom stereocenters. The highest BCUT2D eigenvalue weighted by Gasteiger charge is 2.25. The average Bonchev–Trinajstić information content (AvgIpc) is 2.36. The van der Waals surface area contributed by atoms with Crippen LogP contribution < -0.4 is 11.1 Å². The maximum Gasteiger partial charge on any atom is 0.220 e. The summed E-state index contributed by atoms with van der Waals surface area (Å²) in [5.41, 5.74) is 5.52. The third kappa shape index (κ3) is 5.04. The van der Waals surface area contributed by atoms with Gasteiger partial charge >= 0.3 is 0 Å². The van der Waals surface area contributed by atoms with Crippen molar-refractivity contribution in [3.8, 4) is 0 Å². The van der Waals surface area contributed by atoms with Gasteiger partial charge in [-0.15, -0.1) is 0 Å². The van der Waals surface area contributed by atoms with Crippen LogP contribution in [-0.4, -0.2) is 30.2 Å². The van der Waals surface area contributed by atoms with E-state index >= 15 is 0 Å². The van der Waals surface area contributed by atoms with E-state index in [2.05, 4.69) is 12.2 Å². The van der Waals surface area contributed by atoms with E-state index in [9.17, 15) is 9.90 Å². The highest BCUT2D eigenvalue weighted by Crippen LogP contribution is 2.24. The fourth-order valence-corrected chi connectivity index (χ4v) is 2.39. The van der Waals surface area contributed by atoms with E-state index in [0.29, 0.717) is 18.9 Å². The van der Waals surface area contributed by atoms with Gasteiger partial charge in [-0.3, -0.25) is 4.79 Å². The molecule has 1 rings (SSSR count). The highest BCUT2D eigenvalue weighted by molar-refractivity contribution is 5.76. The first-order valence-electron chi connectivity index (χ1n) is 6.77. The van der Waals surface area contributed by atoms with E-state index < -0.39 is 0 Å². The molecule has 1 saturated carbocycles. The fraction of sp³-hybridized carbons (Fsp3) is 0.923. The lowest BCUT2D eigenvalue weighted by molar-refractivity contribution is -0.122. The van der Waals surface area contributed by atoms with E-state index in [1.165, 1.54) is 6.42 Å². The van der Waals surface area contributed by atoms with Crippen molar-refractivity contribution in [1.82, 2.24) is 5.32 Å². The lowest BCUT2D eigenvalue weighted by Gasteiger charge is -2.31. The summed E-state index contributed by atoms with van der Waals surface area (Å²) in [6.45, 7) is 2.88. The van der Waals surface area contributed by atoms with Crippen LogP contribution in [0.15, 0.2) is 0 Å². The van der Waals surface area contributed by atoms with Gasteiger partial charge < -0.3 is 16.2 Å². The Balaban J connectivity index is 2.28. The quantitative estimate of drug-likeness (QED) is 0.651. The number of carbonyl (C=O) groups excluding carboxylic acids is 1. The molecule has 4 N–H and O–H groups in total. The lowest BCUT2D eigenvalue weighted by atomic mass is 9.85. The van der Waals surface area contributed by atoms with Gasteiger partial charge in [0.05, 0.1) is 0 Å². The van der Waals surface area contributed by atoms with Crippen molar-refractivity contribution >= 4 is 5.91 Å². The van der Waals surface area contributed by atoms with E-state index in [4.69, 9.17) is 5.73 Å². The Labute approximate surface area is 104 Å². The van der Waals surface area contributed by atoms with Crippen molar-refractivity contribution in [2.24, 2.45) is 17.6 Å². The second-order valence-corrected chi connectivity index (χ2v) is 5.28. The van der Waals surface area contributed by atoms with Gasteiger partial charge in [-0.25, -0.2) is 0 Å². The number of nitrogens with two attached hydrogens (primary N) is 1. The third-order valence-corrected chi connectivity index (χ3v) is 3.76.